The fourth-order valence-electron chi connectivity index (χ4n) is 3.54. The molecule has 0 N–H and O–H groups in total. The summed E-state index contributed by atoms with van der Waals surface area (Å²) in [4.78, 5) is 9.40. The van der Waals surface area contributed by atoms with Gasteiger partial charge in [0, 0.05) is 16.6 Å². The van der Waals surface area contributed by atoms with Crippen molar-refractivity contribution in [1.29, 1.82) is 0 Å². The molecular weight excluding hydrogens is 422 g/mol. The van der Waals surface area contributed by atoms with Crippen LogP contribution < -0.4 is 4.74 Å². The van der Waals surface area contributed by atoms with Crippen LogP contribution in [0.2, 0.25) is 0 Å². The Balaban J connectivity index is 1.46. The second-order valence-corrected chi connectivity index (χ2v) is 8.17. The van der Waals surface area contributed by atoms with Crippen molar-refractivity contribution in [3.63, 3.8) is 0 Å². The Kier molecular flexibility index (Phi) is 5.60. The Bertz CT molecular complexity index is 1350. The molecule has 0 bridgehead atoms. The van der Waals surface area contributed by atoms with E-state index in [9.17, 15) is 0 Å². The van der Waals surface area contributed by atoms with Gasteiger partial charge in [0.05, 0.1) is 31.2 Å². The van der Waals surface area contributed by atoms with Crippen LogP contribution in [0.3, 0.4) is 0 Å². The number of fused-ring (bicyclic) bond motifs is 1. The molecule has 7 nitrogen and oxygen atoms in total. The largest absolute Gasteiger partial charge is 0.497 e. The smallest absolute Gasteiger partial charge is 0.192 e. The molecule has 0 fully saturated rings. The zero-order valence-electron chi connectivity index (χ0n) is 17.7. The van der Waals surface area contributed by atoms with Crippen molar-refractivity contribution in [1.82, 2.24) is 24.7 Å². The summed E-state index contributed by atoms with van der Waals surface area (Å²) < 4.78 is 12.9. The van der Waals surface area contributed by atoms with Gasteiger partial charge in [0.1, 0.15) is 17.3 Å². The molecule has 0 aliphatic rings. The first-order valence-corrected chi connectivity index (χ1v) is 11.1. The molecule has 2 aromatic carbocycles. The highest BCUT2D eigenvalue weighted by molar-refractivity contribution is 7.98. The van der Waals surface area contributed by atoms with E-state index < -0.39 is 0 Å². The van der Waals surface area contributed by atoms with Gasteiger partial charge in [-0.25, -0.2) is 9.97 Å². The third kappa shape index (κ3) is 4.09. The summed E-state index contributed by atoms with van der Waals surface area (Å²) in [5.74, 6) is 3.75. The Labute approximate surface area is 189 Å². The monoisotopic (exact) mass is 443 g/mol. The van der Waals surface area contributed by atoms with E-state index in [4.69, 9.17) is 14.1 Å². The van der Waals surface area contributed by atoms with Crippen molar-refractivity contribution in [2.75, 3.05) is 7.11 Å². The number of benzene rings is 2. The first-order chi connectivity index (χ1) is 15.7. The van der Waals surface area contributed by atoms with Crippen LogP contribution in [0.25, 0.3) is 22.3 Å². The topological polar surface area (TPSA) is 78.9 Å². The number of nitrogens with zero attached hydrogens (tertiary/aromatic N) is 5. The number of ether oxygens (including phenoxy) is 1. The highest BCUT2D eigenvalue weighted by Gasteiger charge is 2.17. The van der Waals surface area contributed by atoms with Gasteiger partial charge >= 0.3 is 0 Å². The van der Waals surface area contributed by atoms with Crippen LogP contribution in [0.15, 0.2) is 76.5 Å². The highest BCUT2D eigenvalue weighted by atomic mass is 32.2. The number of furan rings is 1. The average molecular weight is 444 g/mol. The zero-order valence-corrected chi connectivity index (χ0v) is 18.5. The molecule has 0 saturated carbocycles. The van der Waals surface area contributed by atoms with Crippen LogP contribution in [-0.4, -0.2) is 31.8 Å². The Morgan fingerprint density at radius 3 is 2.59 bits per heavy atom. The summed E-state index contributed by atoms with van der Waals surface area (Å²) in [5, 5.41) is 10.8. The maximum Gasteiger partial charge on any atom is 0.192 e. The third-order valence-electron chi connectivity index (χ3n) is 5.13. The number of rotatable bonds is 7. The molecule has 5 aromatic rings. The minimum atomic E-state index is 0.529. The van der Waals surface area contributed by atoms with E-state index >= 15 is 0 Å². The van der Waals surface area contributed by atoms with Gasteiger partial charge in [-0.15, -0.1) is 10.2 Å². The van der Waals surface area contributed by atoms with Crippen molar-refractivity contribution in [2.24, 2.45) is 0 Å². The molecule has 0 aliphatic heterocycles. The molecule has 0 aliphatic carbocycles. The molecule has 0 saturated heterocycles. The highest BCUT2D eigenvalue weighted by Crippen LogP contribution is 2.28. The second kappa shape index (κ2) is 8.84. The number of hydrogen-bond acceptors (Lipinski definition) is 7. The Morgan fingerprint density at radius 1 is 0.969 bits per heavy atom. The van der Waals surface area contributed by atoms with Crippen molar-refractivity contribution >= 4 is 22.7 Å². The number of aryl methyl sites for hydroxylation is 1. The summed E-state index contributed by atoms with van der Waals surface area (Å²) in [5.41, 5.74) is 2.88. The van der Waals surface area contributed by atoms with E-state index in [1.807, 2.05) is 67.6 Å². The molecule has 0 radical (unpaired) electrons. The predicted octanol–water partition coefficient (Wildman–Crippen LogP) is 5.14. The van der Waals surface area contributed by atoms with Crippen LogP contribution in [0, 0.1) is 6.92 Å². The Morgan fingerprint density at radius 2 is 1.81 bits per heavy atom. The van der Waals surface area contributed by atoms with Crippen molar-refractivity contribution in [3.05, 3.63) is 84.2 Å². The molecule has 3 aromatic heterocycles. The predicted molar refractivity (Wildman–Crippen MR) is 124 cm³/mol. The molecule has 32 heavy (non-hydrogen) atoms. The quantitative estimate of drug-likeness (QED) is 0.322. The van der Waals surface area contributed by atoms with Gasteiger partial charge in [-0.05, 0) is 49.4 Å². The number of aromatic nitrogens is 5. The maximum atomic E-state index is 5.59. The van der Waals surface area contributed by atoms with Gasteiger partial charge in [-0.1, -0.05) is 30.0 Å². The molecule has 5 rings (SSSR count). The summed E-state index contributed by atoms with van der Waals surface area (Å²) >= 11 is 1.56. The first-order valence-electron chi connectivity index (χ1n) is 10.2. The van der Waals surface area contributed by atoms with Gasteiger partial charge in [0.15, 0.2) is 11.0 Å². The van der Waals surface area contributed by atoms with Crippen LogP contribution in [0.4, 0.5) is 0 Å². The first kappa shape index (κ1) is 20.3. The SMILES string of the molecule is COc1ccc(-c2nnc(SCc3nc(C)c4ccccc4n3)n2Cc2ccco2)cc1. The number of para-hydroxylation sites is 1. The van der Waals surface area contributed by atoms with Gasteiger partial charge in [0.2, 0.25) is 0 Å². The summed E-state index contributed by atoms with van der Waals surface area (Å²) in [6, 6.07) is 19.7. The number of thioether (sulfide) groups is 1. The lowest BCUT2D eigenvalue weighted by atomic mass is 10.2. The van der Waals surface area contributed by atoms with Gasteiger partial charge in [-0.3, -0.25) is 4.57 Å². The lowest BCUT2D eigenvalue weighted by Gasteiger charge is -2.10. The molecule has 0 atom stereocenters. The van der Waals surface area contributed by atoms with Crippen molar-refractivity contribution in [3.8, 4) is 17.1 Å². The van der Waals surface area contributed by atoms with E-state index in [-0.39, 0.29) is 0 Å². The van der Waals surface area contributed by atoms with Crippen molar-refractivity contribution in [2.45, 2.75) is 24.4 Å². The zero-order chi connectivity index (χ0) is 21.9. The van der Waals surface area contributed by atoms with Crippen molar-refractivity contribution < 1.29 is 9.15 Å². The molecule has 0 spiro atoms. The minimum Gasteiger partial charge on any atom is -0.497 e. The summed E-state index contributed by atoms with van der Waals surface area (Å²) in [6.45, 7) is 2.54. The molecular formula is C24H21N5O2S. The standard InChI is InChI=1S/C24H21N5O2S/c1-16-20-7-3-4-8-21(20)26-22(25-16)15-32-24-28-27-23(17-9-11-18(30-2)12-10-17)29(24)14-19-6-5-13-31-19/h3-13H,14-15H2,1-2H3. The lowest BCUT2D eigenvalue weighted by molar-refractivity contribution is 0.415. The summed E-state index contributed by atoms with van der Waals surface area (Å²) in [7, 11) is 1.65. The summed E-state index contributed by atoms with van der Waals surface area (Å²) in [6.07, 6.45) is 1.67. The van der Waals surface area contributed by atoms with Gasteiger partial charge in [0.25, 0.3) is 0 Å². The molecule has 0 unspecified atom stereocenters. The van der Waals surface area contributed by atoms with Gasteiger partial charge in [-0.2, -0.15) is 0 Å². The molecule has 3 heterocycles. The van der Waals surface area contributed by atoms with Crippen LogP contribution in [0.1, 0.15) is 17.3 Å². The van der Waals surface area contributed by atoms with Gasteiger partial charge < -0.3 is 9.15 Å². The van der Waals surface area contributed by atoms with E-state index in [0.29, 0.717) is 12.3 Å². The van der Waals surface area contributed by atoms with E-state index in [1.165, 1.54) is 0 Å². The minimum absolute atomic E-state index is 0.529. The second-order valence-electron chi connectivity index (χ2n) is 7.23. The molecule has 8 heteroatoms. The number of methoxy groups -OCH3 is 1. The van der Waals surface area contributed by atoms with Crippen LogP contribution in [0.5, 0.6) is 5.75 Å². The lowest BCUT2D eigenvalue weighted by Crippen LogP contribution is -2.04. The average Bonchev–Trinajstić information content (AvgIpc) is 3.48. The fraction of sp³-hybridized carbons (Fsp3) is 0.167. The third-order valence-corrected chi connectivity index (χ3v) is 6.09. The fourth-order valence-corrected chi connectivity index (χ4v) is 4.33. The van der Waals surface area contributed by atoms with E-state index in [2.05, 4.69) is 19.7 Å². The maximum absolute atomic E-state index is 5.59. The van der Waals surface area contributed by atoms with E-state index in [1.54, 1.807) is 25.1 Å². The number of hydrogen-bond donors (Lipinski definition) is 0. The van der Waals surface area contributed by atoms with E-state index in [0.717, 1.165) is 50.5 Å². The van der Waals surface area contributed by atoms with Crippen LogP contribution >= 0.6 is 11.8 Å². The normalized spacial score (nSPS) is 11.2. The Hall–Kier alpha value is -3.65. The molecule has 0 amide bonds. The van der Waals surface area contributed by atoms with Crippen LogP contribution in [-0.2, 0) is 12.3 Å². The molecule has 160 valence electrons.